The lowest BCUT2D eigenvalue weighted by atomic mass is 10.1. The number of carbonyl (C=O) groups is 1. The summed E-state index contributed by atoms with van der Waals surface area (Å²) < 4.78 is 0. The first kappa shape index (κ1) is 19.7. The number of nitrogens with zero attached hydrogens (tertiary/aromatic N) is 4. The van der Waals surface area contributed by atoms with Gasteiger partial charge in [0.1, 0.15) is 11.6 Å². The molecule has 1 saturated heterocycles. The highest BCUT2D eigenvalue weighted by atomic mass is 16.2. The van der Waals surface area contributed by atoms with Gasteiger partial charge in [0, 0.05) is 54.6 Å². The second-order valence-electron chi connectivity index (χ2n) is 8.48. The van der Waals surface area contributed by atoms with Crippen molar-refractivity contribution in [3.8, 4) is 11.3 Å². The van der Waals surface area contributed by atoms with Crippen molar-refractivity contribution in [3.63, 3.8) is 0 Å². The molecule has 1 amide bonds. The zero-order valence-electron chi connectivity index (χ0n) is 17.6. The molecule has 1 N–H and O–H groups in total. The van der Waals surface area contributed by atoms with Gasteiger partial charge in [-0.1, -0.05) is 31.0 Å². The van der Waals surface area contributed by atoms with Crippen LogP contribution in [0.25, 0.3) is 11.3 Å². The summed E-state index contributed by atoms with van der Waals surface area (Å²) in [6, 6.07) is 15.9. The average molecular weight is 414 g/mol. The van der Waals surface area contributed by atoms with Gasteiger partial charge in [0.25, 0.3) is 0 Å². The molecule has 0 spiro atoms. The van der Waals surface area contributed by atoms with E-state index < -0.39 is 0 Å². The molecular formula is C25H27N5O. The van der Waals surface area contributed by atoms with Gasteiger partial charge in [-0.3, -0.25) is 9.78 Å². The molecular weight excluding hydrogens is 386 g/mol. The fourth-order valence-electron chi connectivity index (χ4n) is 4.65. The number of likely N-dealkylation sites (tertiary alicyclic amines) is 1. The van der Waals surface area contributed by atoms with Gasteiger partial charge in [0.2, 0.25) is 5.91 Å². The van der Waals surface area contributed by atoms with Crippen LogP contribution in [0, 0.1) is 5.92 Å². The lowest BCUT2D eigenvalue weighted by Crippen LogP contribution is -2.33. The van der Waals surface area contributed by atoms with Gasteiger partial charge >= 0.3 is 0 Å². The molecule has 3 aromatic rings. The Balaban J connectivity index is 1.42. The quantitative estimate of drug-likeness (QED) is 0.651. The van der Waals surface area contributed by atoms with E-state index in [0.717, 1.165) is 54.4 Å². The summed E-state index contributed by atoms with van der Waals surface area (Å²) in [5, 5.41) is 3.40. The monoisotopic (exact) mass is 413 g/mol. The molecule has 5 rings (SSSR count). The van der Waals surface area contributed by atoms with Crippen molar-refractivity contribution in [3.05, 3.63) is 66.7 Å². The van der Waals surface area contributed by atoms with E-state index in [1.807, 2.05) is 59.6 Å². The second kappa shape index (κ2) is 8.84. The summed E-state index contributed by atoms with van der Waals surface area (Å²) in [5.74, 6) is 2.25. The Bertz CT molecular complexity index is 1030. The molecule has 6 nitrogen and oxygen atoms in total. The van der Waals surface area contributed by atoms with Crippen molar-refractivity contribution < 1.29 is 4.79 Å². The summed E-state index contributed by atoms with van der Waals surface area (Å²) in [4.78, 5) is 28.9. The molecule has 1 aromatic carbocycles. The highest BCUT2D eigenvalue weighted by Gasteiger charge is 2.34. The maximum atomic E-state index is 12.9. The minimum atomic E-state index is 0.151. The van der Waals surface area contributed by atoms with Crippen LogP contribution in [0.4, 0.5) is 11.5 Å². The molecule has 0 radical (unpaired) electrons. The third kappa shape index (κ3) is 4.43. The Labute approximate surface area is 182 Å². The Morgan fingerprint density at radius 1 is 1.00 bits per heavy atom. The number of amides is 1. The lowest BCUT2D eigenvalue weighted by Gasteiger charge is -2.20. The SMILES string of the molecule is O=C(C1CCCC1)N1CC[C@@H](c2nc(Nc3ccccc3)cc(-c3cccnc3)n2)C1. The summed E-state index contributed by atoms with van der Waals surface area (Å²) in [6.45, 7) is 1.50. The second-order valence-corrected chi connectivity index (χ2v) is 8.48. The molecule has 2 aliphatic rings. The Kier molecular flexibility index (Phi) is 5.61. The fourth-order valence-corrected chi connectivity index (χ4v) is 4.65. The van der Waals surface area contributed by atoms with Crippen molar-refractivity contribution >= 4 is 17.4 Å². The summed E-state index contributed by atoms with van der Waals surface area (Å²) in [6.07, 6.45) is 8.92. The Morgan fingerprint density at radius 3 is 2.61 bits per heavy atom. The van der Waals surface area contributed by atoms with E-state index in [1.165, 1.54) is 12.8 Å². The van der Waals surface area contributed by atoms with Gasteiger partial charge in [-0.15, -0.1) is 0 Å². The molecule has 2 fully saturated rings. The van der Waals surface area contributed by atoms with Crippen molar-refractivity contribution in [2.45, 2.75) is 38.0 Å². The highest BCUT2D eigenvalue weighted by molar-refractivity contribution is 5.79. The standard InChI is InChI=1S/C25H27N5O/c31-25(18-7-4-5-8-18)30-14-12-20(17-30)24-28-22(19-9-6-13-26-16-19)15-23(29-24)27-21-10-2-1-3-11-21/h1-3,6,9-11,13,15-16,18,20H,4-5,7-8,12,14,17H2,(H,27,28,29)/t20-/m1/s1. The molecule has 31 heavy (non-hydrogen) atoms. The first-order chi connectivity index (χ1) is 15.3. The smallest absolute Gasteiger partial charge is 0.225 e. The number of benzene rings is 1. The van der Waals surface area contributed by atoms with Crippen LogP contribution >= 0.6 is 0 Å². The van der Waals surface area contributed by atoms with E-state index in [1.54, 1.807) is 6.20 Å². The van der Waals surface area contributed by atoms with Gasteiger partial charge in [-0.25, -0.2) is 9.97 Å². The maximum Gasteiger partial charge on any atom is 0.225 e. The van der Waals surface area contributed by atoms with Gasteiger partial charge in [-0.2, -0.15) is 0 Å². The van der Waals surface area contributed by atoms with Crippen LogP contribution in [0.5, 0.6) is 0 Å². The largest absolute Gasteiger partial charge is 0.342 e. The van der Waals surface area contributed by atoms with Crippen molar-refractivity contribution in [1.29, 1.82) is 0 Å². The topological polar surface area (TPSA) is 71.0 Å². The average Bonchev–Trinajstić information content (AvgIpc) is 3.52. The van der Waals surface area contributed by atoms with E-state index >= 15 is 0 Å². The molecule has 0 unspecified atom stereocenters. The predicted octanol–water partition coefficient (Wildman–Crippen LogP) is 4.79. The minimum Gasteiger partial charge on any atom is -0.342 e. The third-order valence-corrected chi connectivity index (χ3v) is 6.32. The van der Waals surface area contributed by atoms with Crippen LogP contribution in [0.3, 0.4) is 0 Å². The molecule has 1 aliphatic heterocycles. The Morgan fingerprint density at radius 2 is 1.84 bits per heavy atom. The number of pyridine rings is 1. The number of carbonyl (C=O) groups excluding carboxylic acids is 1. The van der Waals surface area contributed by atoms with E-state index in [9.17, 15) is 4.79 Å². The maximum absolute atomic E-state index is 12.9. The van der Waals surface area contributed by atoms with Crippen molar-refractivity contribution in [2.24, 2.45) is 5.92 Å². The Hall–Kier alpha value is -3.28. The molecule has 1 aliphatic carbocycles. The first-order valence-corrected chi connectivity index (χ1v) is 11.2. The van der Waals surface area contributed by atoms with Crippen molar-refractivity contribution in [1.82, 2.24) is 19.9 Å². The number of rotatable bonds is 5. The van der Waals surface area contributed by atoms with E-state index in [0.29, 0.717) is 12.5 Å². The van der Waals surface area contributed by atoms with Crippen molar-refractivity contribution in [2.75, 3.05) is 18.4 Å². The number of aromatic nitrogens is 3. The van der Waals surface area contributed by atoms with Crippen LogP contribution in [0.15, 0.2) is 60.9 Å². The zero-order valence-corrected chi connectivity index (χ0v) is 17.6. The molecule has 2 aromatic heterocycles. The van der Waals surface area contributed by atoms with Gasteiger partial charge in [-0.05, 0) is 43.5 Å². The number of hydrogen-bond acceptors (Lipinski definition) is 5. The number of nitrogens with one attached hydrogen (secondary N) is 1. The number of hydrogen-bond donors (Lipinski definition) is 1. The molecule has 158 valence electrons. The summed E-state index contributed by atoms with van der Waals surface area (Å²) >= 11 is 0. The molecule has 0 bridgehead atoms. The van der Waals surface area contributed by atoms with Crippen LogP contribution in [0.2, 0.25) is 0 Å². The third-order valence-electron chi connectivity index (χ3n) is 6.32. The normalized spacial score (nSPS) is 19.0. The molecule has 1 saturated carbocycles. The molecule has 6 heteroatoms. The van der Waals surface area contributed by atoms with Gasteiger partial charge in [0.15, 0.2) is 0 Å². The molecule has 3 heterocycles. The number of anilines is 2. The van der Waals surface area contributed by atoms with Gasteiger partial charge < -0.3 is 10.2 Å². The van der Waals surface area contributed by atoms with E-state index in [-0.39, 0.29) is 11.8 Å². The van der Waals surface area contributed by atoms with Crippen LogP contribution in [0.1, 0.15) is 43.8 Å². The van der Waals surface area contributed by atoms with Crippen LogP contribution < -0.4 is 5.32 Å². The van der Waals surface area contributed by atoms with E-state index in [4.69, 9.17) is 9.97 Å². The van der Waals surface area contributed by atoms with Gasteiger partial charge in [0.05, 0.1) is 5.69 Å². The zero-order chi connectivity index (χ0) is 21.0. The van der Waals surface area contributed by atoms with Crippen LogP contribution in [-0.4, -0.2) is 38.8 Å². The first-order valence-electron chi connectivity index (χ1n) is 11.2. The van der Waals surface area contributed by atoms with E-state index in [2.05, 4.69) is 10.3 Å². The summed E-state index contributed by atoms with van der Waals surface area (Å²) in [7, 11) is 0. The molecule has 1 atom stereocenters. The fraction of sp³-hybridized carbons (Fsp3) is 0.360. The highest BCUT2D eigenvalue weighted by Crippen LogP contribution is 2.32. The predicted molar refractivity (Wildman–Crippen MR) is 121 cm³/mol. The lowest BCUT2D eigenvalue weighted by molar-refractivity contribution is -0.134. The minimum absolute atomic E-state index is 0.151. The number of para-hydroxylation sites is 1. The summed E-state index contributed by atoms with van der Waals surface area (Å²) in [5.41, 5.74) is 2.78. The van der Waals surface area contributed by atoms with Crippen LogP contribution in [-0.2, 0) is 4.79 Å².